The molecule has 82 valence electrons. The number of rotatable bonds is 2. The van der Waals surface area contributed by atoms with Gasteiger partial charge in [-0.3, -0.25) is 0 Å². The number of carboxylic acid groups (broad SMARTS) is 1. The van der Waals surface area contributed by atoms with E-state index in [4.69, 9.17) is 16.7 Å². The zero-order chi connectivity index (χ0) is 11.7. The van der Waals surface area contributed by atoms with Crippen LogP contribution in [0.2, 0.25) is 5.02 Å². The highest BCUT2D eigenvalue weighted by Gasteiger charge is 2.17. The summed E-state index contributed by atoms with van der Waals surface area (Å²) in [5, 5.41) is 9.09. The third kappa shape index (κ3) is 1.67. The first-order valence-electron chi connectivity index (χ1n) is 4.45. The third-order valence-electron chi connectivity index (χ3n) is 2.21. The van der Waals surface area contributed by atoms with Gasteiger partial charge in [0.1, 0.15) is 5.82 Å². The maximum absolute atomic E-state index is 13.6. The molecule has 2 N–H and O–H groups in total. The largest absolute Gasteiger partial charge is 0.478 e. The van der Waals surface area contributed by atoms with Crippen LogP contribution in [0, 0.1) is 5.82 Å². The topological polar surface area (TPSA) is 53.1 Å². The van der Waals surface area contributed by atoms with Crippen LogP contribution >= 0.6 is 11.6 Å². The minimum Gasteiger partial charge on any atom is -0.478 e. The molecule has 5 heteroatoms. The fourth-order valence-electron chi connectivity index (χ4n) is 1.50. The van der Waals surface area contributed by atoms with Gasteiger partial charge in [-0.15, -0.1) is 0 Å². The number of benzene rings is 1. The van der Waals surface area contributed by atoms with Crippen LogP contribution in [0.3, 0.4) is 0 Å². The van der Waals surface area contributed by atoms with Gasteiger partial charge in [-0.25, -0.2) is 9.18 Å². The van der Waals surface area contributed by atoms with Crippen LogP contribution in [0.4, 0.5) is 4.39 Å². The highest BCUT2D eigenvalue weighted by atomic mass is 35.5. The van der Waals surface area contributed by atoms with Crippen molar-refractivity contribution in [2.45, 2.75) is 0 Å². The van der Waals surface area contributed by atoms with Crippen molar-refractivity contribution in [1.29, 1.82) is 0 Å². The Morgan fingerprint density at radius 1 is 1.38 bits per heavy atom. The number of carbonyl (C=O) groups is 1. The predicted octanol–water partition coefficient (Wildman–Crippen LogP) is 3.17. The number of nitrogens with one attached hydrogen (secondary N) is 1. The Kier molecular flexibility index (Phi) is 2.66. The standard InChI is InChI=1S/C11H7ClFNO2/c12-8-2-1-3-9(13)10(8)6-4-14-5-7(6)11(15)16/h1-5,14H,(H,15,16). The summed E-state index contributed by atoms with van der Waals surface area (Å²) in [6.07, 6.45) is 2.70. The number of hydrogen-bond acceptors (Lipinski definition) is 1. The first kappa shape index (κ1) is 10.7. The number of H-pyrrole nitrogens is 1. The summed E-state index contributed by atoms with van der Waals surface area (Å²) < 4.78 is 13.6. The van der Waals surface area contributed by atoms with E-state index in [0.717, 1.165) is 0 Å². The van der Waals surface area contributed by atoms with Gasteiger partial charge in [0.25, 0.3) is 0 Å². The second-order valence-electron chi connectivity index (χ2n) is 3.18. The van der Waals surface area contributed by atoms with Crippen LogP contribution in [0.15, 0.2) is 30.6 Å². The molecule has 1 aromatic carbocycles. The van der Waals surface area contributed by atoms with Crippen molar-refractivity contribution >= 4 is 17.6 Å². The Labute approximate surface area is 95.5 Å². The molecule has 0 radical (unpaired) electrons. The summed E-state index contributed by atoms with van der Waals surface area (Å²) in [5.41, 5.74) is 0.338. The zero-order valence-corrected chi connectivity index (χ0v) is 8.75. The van der Waals surface area contributed by atoms with Crippen molar-refractivity contribution in [1.82, 2.24) is 4.98 Å². The summed E-state index contributed by atoms with van der Waals surface area (Å²) in [6, 6.07) is 4.21. The minimum absolute atomic E-state index is 0.00741. The predicted molar refractivity (Wildman–Crippen MR) is 58.2 cm³/mol. The highest BCUT2D eigenvalue weighted by Crippen LogP contribution is 2.32. The maximum atomic E-state index is 13.6. The Morgan fingerprint density at radius 2 is 2.12 bits per heavy atom. The molecule has 0 saturated heterocycles. The van der Waals surface area contributed by atoms with E-state index in [1.807, 2.05) is 0 Å². The summed E-state index contributed by atoms with van der Waals surface area (Å²) in [6.45, 7) is 0. The van der Waals surface area contributed by atoms with E-state index in [1.54, 1.807) is 0 Å². The fourth-order valence-corrected chi connectivity index (χ4v) is 1.77. The van der Waals surface area contributed by atoms with Crippen LogP contribution in [-0.2, 0) is 0 Å². The number of halogens is 2. The van der Waals surface area contributed by atoms with Crippen molar-refractivity contribution < 1.29 is 14.3 Å². The smallest absolute Gasteiger partial charge is 0.337 e. The normalized spacial score (nSPS) is 10.4. The maximum Gasteiger partial charge on any atom is 0.337 e. The Morgan fingerprint density at radius 3 is 2.75 bits per heavy atom. The average Bonchev–Trinajstić information content (AvgIpc) is 2.66. The van der Waals surface area contributed by atoms with Crippen LogP contribution in [0.25, 0.3) is 11.1 Å². The molecule has 0 atom stereocenters. The van der Waals surface area contributed by atoms with Crippen LogP contribution < -0.4 is 0 Å². The van der Waals surface area contributed by atoms with Crippen molar-refractivity contribution in [3.05, 3.63) is 47.0 Å². The van der Waals surface area contributed by atoms with Gasteiger partial charge in [-0.2, -0.15) is 0 Å². The van der Waals surface area contributed by atoms with E-state index in [-0.39, 0.29) is 21.7 Å². The van der Waals surface area contributed by atoms with Gasteiger partial charge in [0.2, 0.25) is 0 Å². The summed E-state index contributed by atoms with van der Waals surface area (Å²) in [4.78, 5) is 13.5. The van der Waals surface area contributed by atoms with Gasteiger partial charge in [0, 0.05) is 23.5 Å². The van der Waals surface area contributed by atoms with E-state index in [1.165, 1.54) is 30.6 Å². The van der Waals surface area contributed by atoms with E-state index in [2.05, 4.69) is 4.98 Å². The van der Waals surface area contributed by atoms with Crippen molar-refractivity contribution in [2.75, 3.05) is 0 Å². The van der Waals surface area contributed by atoms with Gasteiger partial charge in [0.15, 0.2) is 0 Å². The second-order valence-corrected chi connectivity index (χ2v) is 3.59. The molecular formula is C11H7ClFNO2. The lowest BCUT2D eigenvalue weighted by Gasteiger charge is -2.04. The minimum atomic E-state index is -1.13. The zero-order valence-electron chi connectivity index (χ0n) is 8.00. The fraction of sp³-hybridized carbons (Fsp3) is 0. The first-order chi connectivity index (χ1) is 7.61. The highest BCUT2D eigenvalue weighted by molar-refractivity contribution is 6.33. The van der Waals surface area contributed by atoms with Crippen LogP contribution in [-0.4, -0.2) is 16.1 Å². The molecule has 0 bridgehead atoms. The quantitative estimate of drug-likeness (QED) is 0.846. The second kappa shape index (κ2) is 3.98. The lowest BCUT2D eigenvalue weighted by molar-refractivity contribution is 0.0698. The molecule has 3 nitrogen and oxygen atoms in total. The Hall–Kier alpha value is -1.81. The van der Waals surface area contributed by atoms with E-state index < -0.39 is 11.8 Å². The number of aromatic carboxylic acids is 1. The van der Waals surface area contributed by atoms with E-state index in [0.29, 0.717) is 0 Å². The Balaban J connectivity index is 2.68. The van der Waals surface area contributed by atoms with Crippen molar-refractivity contribution in [3.8, 4) is 11.1 Å². The van der Waals surface area contributed by atoms with E-state index >= 15 is 0 Å². The molecule has 0 amide bonds. The molecule has 1 aromatic heterocycles. The number of aromatic nitrogens is 1. The monoisotopic (exact) mass is 239 g/mol. The average molecular weight is 240 g/mol. The molecule has 0 saturated carbocycles. The number of carboxylic acids is 1. The van der Waals surface area contributed by atoms with Crippen molar-refractivity contribution in [2.24, 2.45) is 0 Å². The first-order valence-corrected chi connectivity index (χ1v) is 4.83. The van der Waals surface area contributed by atoms with Crippen LogP contribution in [0.5, 0.6) is 0 Å². The molecule has 2 aromatic rings. The molecule has 2 rings (SSSR count). The molecule has 0 fully saturated rings. The van der Waals surface area contributed by atoms with Gasteiger partial charge >= 0.3 is 5.97 Å². The molecule has 0 aliphatic carbocycles. The molecule has 0 aliphatic rings. The molecule has 0 unspecified atom stereocenters. The molecule has 1 heterocycles. The SMILES string of the molecule is O=C(O)c1c[nH]cc1-c1c(F)cccc1Cl. The summed E-state index contributed by atoms with van der Waals surface area (Å²) in [7, 11) is 0. The summed E-state index contributed by atoms with van der Waals surface area (Å²) in [5.74, 6) is -1.68. The number of aromatic amines is 1. The number of hydrogen-bond donors (Lipinski definition) is 2. The molecule has 0 spiro atoms. The van der Waals surface area contributed by atoms with Gasteiger partial charge in [-0.05, 0) is 12.1 Å². The summed E-state index contributed by atoms with van der Waals surface area (Å²) >= 11 is 5.85. The Bertz CT molecular complexity index is 530. The molecule has 0 aliphatic heterocycles. The molecular weight excluding hydrogens is 233 g/mol. The van der Waals surface area contributed by atoms with Crippen molar-refractivity contribution in [3.63, 3.8) is 0 Å². The van der Waals surface area contributed by atoms with Gasteiger partial charge in [0.05, 0.1) is 10.6 Å². The van der Waals surface area contributed by atoms with Crippen LogP contribution in [0.1, 0.15) is 10.4 Å². The lowest BCUT2D eigenvalue weighted by Crippen LogP contribution is -1.97. The third-order valence-corrected chi connectivity index (χ3v) is 2.52. The molecule has 16 heavy (non-hydrogen) atoms. The lowest BCUT2D eigenvalue weighted by atomic mass is 10.0. The van der Waals surface area contributed by atoms with Gasteiger partial charge in [-0.1, -0.05) is 17.7 Å². The van der Waals surface area contributed by atoms with E-state index in [9.17, 15) is 9.18 Å². The van der Waals surface area contributed by atoms with Gasteiger partial charge < -0.3 is 10.1 Å².